The lowest BCUT2D eigenvalue weighted by atomic mass is 10.3. The highest BCUT2D eigenvalue weighted by Crippen LogP contribution is 2.21. The summed E-state index contributed by atoms with van der Waals surface area (Å²) < 4.78 is 0. The highest BCUT2D eigenvalue weighted by molar-refractivity contribution is 14.0. The number of nitrogens with one attached hydrogen (secondary N) is 1. The lowest BCUT2D eigenvalue weighted by Crippen LogP contribution is -2.47. The van der Waals surface area contributed by atoms with Crippen molar-refractivity contribution in [3.8, 4) is 0 Å². The Morgan fingerprint density at radius 1 is 1.60 bits per heavy atom. The Balaban J connectivity index is 0.00000200. The van der Waals surface area contributed by atoms with Gasteiger partial charge in [0.05, 0.1) is 17.7 Å². The molecular formula is C13H23IN4S2. The lowest BCUT2D eigenvalue weighted by molar-refractivity contribution is 0.408. The van der Waals surface area contributed by atoms with Gasteiger partial charge in [-0.3, -0.25) is 4.99 Å². The average Bonchev–Trinajstić information content (AvgIpc) is 2.85. The molecule has 0 aliphatic carbocycles. The molecule has 2 rings (SSSR count). The summed E-state index contributed by atoms with van der Waals surface area (Å²) in [6, 6.07) is 0. The van der Waals surface area contributed by atoms with E-state index in [-0.39, 0.29) is 24.0 Å². The van der Waals surface area contributed by atoms with Crippen molar-refractivity contribution in [3.63, 3.8) is 0 Å². The molecule has 1 N–H and O–H groups in total. The summed E-state index contributed by atoms with van der Waals surface area (Å²) in [6.45, 7) is 7.33. The molecule has 114 valence electrons. The van der Waals surface area contributed by atoms with Crippen LogP contribution in [0.4, 0.5) is 0 Å². The van der Waals surface area contributed by atoms with E-state index in [0.717, 1.165) is 36.5 Å². The topological polar surface area (TPSA) is 40.5 Å². The van der Waals surface area contributed by atoms with Crippen molar-refractivity contribution < 1.29 is 0 Å². The molecule has 0 spiro atoms. The van der Waals surface area contributed by atoms with Gasteiger partial charge in [-0.1, -0.05) is 6.92 Å². The van der Waals surface area contributed by atoms with Gasteiger partial charge in [-0.25, -0.2) is 4.98 Å². The predicted molar refractivity (Wildman–Crippen MR) is 101 cm³/mol. The van der Waals surface area contributed by atoms with Gasteiger partial charge in [0, 0.05) is 36.0 Å². The minimum Gasteiger partial charge on any atom is -0.351 e. The smallest absolute Gasteiger partial charge is 0.194 e. The largest absolute Gasteiger partial charge is 0.351 e. The first kappa shape index (κ1) is 18.0. The van der Waals surface area contributed by atoms with Crippen LogP contribution in [0.2, 0.25) is 0 Å². The van der Waals surface area contributed by atoms with Gasteiger partial charge in [-0.15, -0.1) is 35.3 Å². The fourth-order valence-corrected chi connectivity index (χ4v) is 4.04. The molecule has 1 aliphatic heterocycles. The molecule has 7 heteroatoms. The molecule has 1 aromatic heterocycles. The molecule has 2 heterocycles. The van der Waals surface area contributed by atoms with Crippen molar-refractivity contribution in [3.05, 3.63) is 16.1 Å². The number of nitrogens with zero attached hydrogens (tertiary/aromatic N) is 3. The third-order valence-electron chi connectivity index (χ3n) is 3.36. The first-order valence-electron chi connectivity index (χ1n) is 6.70. The van der Waals surface area contributed by atoms with Gasteiger partial charge in [0.25, 0.3) is 0 Å². The average molecular weight is 426 g/mol. The van der Waals surface area contributed by atoms with Crippen molar-refractivity contribution in [1.82, 2.24) is 15.2 Å². The van der Waals surface area contributed by atoms with Crippen LogP contribution in [0.1, 0.15) is 23.9 Å². The monoisotopic (exact) mass is 426 g/mol. The van der Waals surface area contributed by atoms with E-state index < -0.39 is 0 Å². The zero-order chi connectivity index (χ0) is 13.7. The standard InChI is InChI=1S/C13H22N4S2.HI/c1-4-11-8-17(5-6-18-11)13(14-3)15-7-12-10(2)16-9-19-12;/h9,11H,4-8H2,1-3H3,(H,14,15);1H. The van der Waals surface area contributed by atoms with E-state index in [4.69, 9.17) is 0 Å². The molecule has 1 aliphatic rings. The Labute approximate surface area is 146 Å². The fraction of sp³-hybridized carbons (Fsp3) is 0.692. The van der Waals surface area contributed by atoms with Crippen molar-refractivity contribution in [2.75, 3.05) is 25.9 Å². The first-order valence-corrected chi connectivity index (χ1v) is 8.63. The van der Waals surface area contributed by atoms with Gasteiger partial charge in [0.1, 0.15) is 0 Å². The van der Waals surface area contributed by atoms with E-state index >= 15 is 0 Å². The van der Waals surface area contributed by atoms with Gasteiger partial charge in [-0.05, 0) is 13.3 Å². The molecule has 0 amide bonds. The van der Waals surface area contributed by atoms with Crippen LogP contribution in [-0.2, 0) is 6.54 Å². The Morgan fingerprint density at radius 3 is 3.00 bits per heavy atom. The molecule has 0 saturated carbocycles. The summed E-state index contributed by atoms with van der Waals surface area (Å²) in [4.78, 5) is 12.4. The van der Waals surface area contributed by atoms with E-state index in [1.165, 1.54) is 17.1 Å². The van der Waals surface area contributed by atoms with Crippen molar-refractivity contribution in [1.29, 1.82) is 0 Å². The second kappa shape index (κ2) is 9.09. The SMILES string of the molecule is CCC1CN(C(=NC)NCc2scnc2C)CCS1.I. The van der Waals surface area contributed by atoms with Crippen LogP contribution in [0.3, 0.4) is 0 Å². The van der Waals surface area contributed by atoms with E-state index in [2.05, 4.69) is 45.8 Å². The summed E-state index contributed by atoms with van der Waals surface area (Å²) in [7, 11) is 1.87. The molecule has 0 radical (unpaired) electrons. The number of aromatic nitrogens is 1. The minimum atomic E-state index is 0. The minimum absolute atomic E-state index is 0. The predicted octanol–water partition coefficient (Wildman–Crippen LogP) is 2.97. The highest BCUT2D eigenvalue weighted by Gasteiger charge is 2.21. The van der Waals surface area contributed by atoms with Gasteiger partial charge in [0.15, 0.2) is 5.96 Å². The zero-order valence-corrected chi connectivity index (χ0v) is 16.2. The number of thioether (sulfide) groups is 1. The fourth-order valence-electron chi connectivity index (χ4n) is 2.15. The number of hydrogen-bond acceptors (Lipinski definition) is 4. The molecule has 0 bridgehead atoms. The molecule has 1 atom stereocenters. The van der Waals surface area contributed by atoms with Crippen LogP contribution >= 0.6 is 47.1 Å². The number of thiazole rings is 1. The van der Waals surface area contributed by atoms with Crippen LogP contribution in [0.25, 0.3) is 0 Å². The number of aryl methyl sites for hydroxylation is 1. The number of aliphatic imine (C=N–C) groups is 1. The van der Waals surface area contributed by atoms with E-state index in [9.17, 15) is 0 Å². The first-order chi connectivity index (χ1) is 9.24. The quantitative estimate of drug-likeness (QED) is 0.459. The van der Waals surface area contributed by atoms with Crippen molar-refractivity contribution in [2.24, 2.45) is 4.99 Å². The summed E-state index contributed by atoms with van der Waals surface area (Å²) in [5.41, 5.74) is 3.02. The molecule has 1 saturated heterocycles. The van der Waals surface area contributed by atoms with Gasteiger partial charge in [-0.2, -0.15) is 11.8 Å². The molecule has 0 aromatic carbocycles. The zero-order valence-electron chi connectivity index (χ0n) is 12.3. The number of halogens is 1. The Morgan fingerprint density at radius 2 is 2.40 bits per heavy atom. The second-order valence-electron chi connectivity index (χ2n) is 4.61. The molecule has 1 fully saturated rings. The van der Waals surface area contributed by atoms with Crippen LogP contribution < -0.4 is 5.32 Å². The summed E-state index contributed by atoms with van der Waals surface area (Å²) >= 11 is 3.78. The van der Waals surface area contributed by atoms with Crippen LogP contribution in [0.15, 0.2) is 10.5 Å². The van der Waals surface area contributed by atoms with E-state index in [1.807, 2.05) is 12.6 Å². The summed E-state index contributed by atoms with van der Waals surface area (Å²) in [5, 5.41) is 4.20. The van der Waals surface area contributed by atoms with Crippen molar-refractivity contribution >= 4 is 53.0 Å². The molecule has 4 nitrogen and oxygen atoms in total. The number of guanidine groups is 1. The normalized spacial score (nSPS) is 19.6. The van der Waals surface area contributed by atoms with E-state index in [0.29, 0.717) is 0 Å². The maximum absolute atomic E-state index is 4.42. The molecule has 1 aromatic rings. The van der Waals surface area contributed by atoms with Gasteiger partial charge in [0.2, 0.25) is 0 Å². The van der Waals surface area contributed by atoms with Crippen LogP contribution in [0, 0.1) is 6.92 Å². The van der Waals surface area contributed by atoms with Crippen molar-refractivity contribution in [2.45, 2.75) is 32.1 Å². The summed E-state index contributed by atoms with van der Waals surface area (Å²) in [6.07, 6.45) is 1.23. The van der Waals surface area contributed by atoms with Crippen LogP contribution in [-0.4, -0.2) is 47.0 Å². The Kier molecular flexibility index (Phi) is 8.20. The molecule has 1 unspecified atom stereocenters. The Bertz CT molecular complexity index is 436. The lowest BCUT2D eigenvalue weighted by Gasteiger charge is -2.34. The summed E-state index contributed by atoms with van der Waals surface area (Å²) in [5.74, 6) is 2.21. The highest BCUT2D eigenvalue weighted by atomic mass is 127. The molecular weight excluding hydrogens is 403 g/mol. The van der Waals surface area contributed by atoms with E-state index in [1.54, 1.807) is 11.3 Å². The molecule has 20 heavy (non-hydrogen) atoms. The number of rotatable bonds is 3. The Hall–Kier alpha value is -0.0200. The van der Waals surface area contributed by atoms with Gasteiger partial charge < -0.3 is 10.2 Å². The third kappa shape index (κ3) is 4.77. The maximum Gasteiger partial charge on any atom is 0.194 e. The van der Waals surface area contributed by atoms with Gasteiger partial charge >= 0.3 is 0 Å². The van der Waals surface area contributed by atoms with Crippen LogP contribution in [0.5, 0.6) is 0 Å². The number of hydrogen-bond donors (Lipinski definition) is 1. The third-order valence-corrected chi connectivity index (χ3v) is 5.66. The maximum atomic E-state index is 4.42. The second-order valence-corrected chi connectivity index (χ2v) is 6.96.